The van der Waals surface area contributed by atoms with Crippen LogP contribution in [0.2, 0.25) is 5.02 Å². The zero-order valence-electron chi connectivity index (χ0n) is 22.8. The molecule has 1 aliphatic heterocycles. The van der Waals surface area contributed by atoms with E-state index in [0.717, 1.165) is 60.1 Å². The maximum Gasteiger partial charge on any atom is 0.319 e. The Labute approximate surface area is 217 Å². The van der Waals surface area contributed by atoms with Crippen LogP contribution in [0.4, 0.5) is 4.79 Å². The summed E-state index contributed by atoms with van der Waals surface area (Å²) in [5, 5.41) is 9.33. The third-order valence-electron chi connectivity index (χ3n) is 6.70. The molecule has 3 rings (SSSR count). The molecule has 1 fully saturated rings. The minimum atomic E-state index is -0.562. The molecular weight excluding hydrogens is 460 g/mol. The highest BCUT2D eigenvalue weighted by molar-refractivity contribution is 6.31. The molecule has 2 atom stereocenters. The van der Waals surface area contributed by atoms with Crippen LogP contribution in [-0.4, -0.2) is 32.0 Å². The summed E-state index contributed by atoms with van der Waals surface area (Å²) >= 11 is 6.55. The quantitative estimate of drug-likeness (QED) is 0.358. The lowest BCUT2D eigenvalue weighted by Crippen LogP contribution is -2.53. The number of urea groups is 1. The summed E-state index contributed by atoms with van der Waals surface area (Å²) in [5.74, 6) is 0.759. The molecule has 6 nitrogen and oxygen atoms in total. The summed E-state index contributed by atoms with van der Waals surface area (Å²) in [6.07, 6.45) is 10.4. The number of nitrogens with two attached hydrogens (primary N) is 1. The molecule has 1 unspecified atom stereocenters. The number of benzene rings is 1. The lowest BCUT2D eigenvalue weighted by Gasteiger charge is -2.39. The maximum absolute atomic E-state index is 12.0. The van der Waals surface area contributed by atoms with Crippen molar-refractivity contribution in [1.29, 1.82) is 0 Å². The first-order chi connectivity index (χ1) is 16.4. The molecule has 2 amide bonds. The Kier molecular flexibility index (Phi) is 13.0. The molecule has 1 aromatic carbocycles. The Morgan fingerprint density at radius 1 is 1.29 bits per heavy atom. The molecular formula is C28H47ClN4O2. The van der Waals surface area contributed by atoms with Crippen LogP contribution >= 0.6 is 11.6 Å². The molecule has 1 heterocycles. The molecule has 0 spiro atoms. The Hall–Kier alpha value is -1.89. The molecule has 35 heavy (non-hydrogen) atoms. The molecule has 1 aliphatic carbocycles. The zero-order chi connectivity index (χ0) is 26.6. The van der Waals surface area contributed by atoms with Crippen LogP contribution in [0.15, 0.2) is 30.0 Å². The number of carbonyl (C=O) groups excluding carboxylic acids is 2. The van der Waals surface area contributed by atoms with Crippen LogP contribution in [0, 0.1) is 11.8 Å². The number of aryl methyl sites for hydroxylation is 1. The SMILES string of the molecule is CCC(C)C1=CNC(=O)N[C@@]1(C)c1ccc(CCC(C)(C)N)c(Cl)c1.CNC.O=CC1CCCC1. The minimum Gasteiger partial charge on any atom is -0.326 e. The molecule has 7 heteroatoms. The normalized spacial score (nSPS) is 20.8. The van der Waals surface area contributed by atoms with Crippen LogP contribution in [-0.2, 0) is 16.8 Å². The van der Waals surface area contributed by atoms with E-state index < -0.39 is 5.54 Å². The number of amides is 2. The van der Waals surface area contributed by atoms with E-state index in [-0.39, 0.29) is 11.6 Å². The van der Waals surface area contributed by atoms with Crippen molar-refractivity contribution in [3.63, 3.8) is 0 Å². The first kappa shape index (κ1) is 31.1. The monoisotopic (exact) mass is 506 g/mol. The third kappa shape index (κ3) is 9.94. The predicted molar refractivity (Wildman–Crippen MR) is 148 cm³/mol. The summed E-state index contributed by atoms with van der Waals surface area (Å²) in [7, 11) is 3.75. The van der Waals surface area contributed by atoms with Gasteiger partial charge >= 0.3 is 6.03 Å². The maximum atomic E-state index is 12.0. The van der Waals surface area contributed by atoms with Gasteiger partial charge in [-0.05, 0) is 95.7 Å². The molecule has 0 aromatic heterocycles. The van der Waals surface area contributed by atoms with Crippen molar-refractivity contribution in [2.45, 2.75) is 90.6 Å². The predicted octanol–water partition coefficient (Wildman–Crippen LogP) is 5.68. The minimum absolute atomic E-state index is 0.195. The fourth-order valence-electron chi connectivity index (χ4n) is 4.33. The van der Waals surface area contributed by atoms with Crippen LogP contribution < -0.4 is 21.7 Å². The lowest BCUT2D eigenvalue weighted by atomic mass is 9.77. The van der Waals surface area contributed by atoms with E-state index in [9.17, 15) is 9.59 Å². The van der Waals surface area contributed by atoms with Crippen LogP contribution in [0.1, 0.15) is 84.3 Å². The van der Waals surface area contributed by atoms with E-state index >= 15 is 0 Å². The van der Waals surface area contributed by atoms with Crippen LogP contribution in [0.5, 0.6) is 0 Å². The van der Waals surface area contributed by atoms with Gasteiger partial charge in [0, 0.05) is 22.7 Å². The van der Waals surface area contributed by atoms with Gasteiger partial charge in [0.2, 0.25) is 0 Å². The summed E-state index contributed by atoms with van der Waals surface area (Å²) in [5.41, 5.74) is 8.53. The third-order valence-corrected chi connectivity index (χ3v) is 7.06. The average Bonchev–Trinajstić information content (AvgIpc) is 3.32. The Balaban J connectivity index is 0.000000510. The van der Waals surface area contributed by atoms with Gasteiger partial charge in [-0.15, -0.1) is 0 Å². The first-order valence-electron chi connectivity index (χ1n) is 12.8. The Bertz CT molecular complexity index is 844. The first-order valence-corrected chi connectivity index (χ1v) is 13.2. The van der Waals surface area contributed by atoms with Gasteiger partial charge in [-0.1, -0.05) is 50.4 Å². The molecule has 1 saturated carbocycles. The zero-order valence-corrected chi connectivity index (χ0v) is 23.5. The van der Waals surface area contributed by atoms with Crippen molar-refractivity contribution in [3.05, 3.63) is 46.1 Å². The van der Waals surface area contributed by atoms with Crippen molar-refractivity contribution >= 4 is 23.9 Å². The Morgan fingerprint density at radius 3 is 2.34 bits per heavy atom. The topological polar surface area (TPSA) is 96.2 Å². The number of carbonyl (C=O) groups is 2. The second-order valence-corrected chi connectivity index (χ2v) is 11.0. The van der Waals surface area contributed by atoms with Crippen molar-refractivity contribution < 1.29 is 9.59 Å². The summed E-state index contributed by atoms with van der Waals surface area (Å²) < 4.78 is 0. The molecule has 5 N–H and O–H groups in total. The number of rotatable bonds is 7. The van der Waals surface area contributed by atoms with E-state index in [4.69, 9.17) is 17.3 Å². The lowest BCUT2D eigenvalue weighted by molar-refractivity contribution is -0.110. The van der Waals surface area contributed by atoms with E-state index in [0.29, 0.717) is 11.8 Å². The van der Waals surface area contributed by atoms with Gasteiger partial charge in [-0.3, -0.25) is 0 Å². The van der Waals surface area contributed by atoms with E-state index in [1.165, 1.54) is 12.8 Å². The highest BCUT2D eigenvalue weighted by atomic mass is 35.5. The smallest absolute Gasteiger partial charge is 0.319 e. The van der Waals surface area contributed by atoms with E-state index in [1.807, 2.05) is 47.1 Å². The second-order valence-electron chi connectivity index (χ2n) is 10.6. The molecule has 0 radical (unpaired) electrons. The largest absolute Gasteiger partial charge is 0.326 e. The Morgan fingerprint density at radius 2 is 1.89 bits per heavy atom. The van der Waals surface area contributed by atoms with Gasteiger partial charge in [-0.25, -0.2) is 4.79 Å². The van der Waals surface area contributed by atoms with E-state index in [1.54, 1.807) is 0 Å². The number of aldehydes is 1. The number of hydrogen-bond acceptors (Lipinski definition) is 4. The van der Waals surface area contributed by atoms with Crippen molar-refractivity contribution in [3.8, 4) is 0 Å². The highest BCUT2D eigenvalue weighted by Crippen LogP contribution is 2.38. The highest BCUT2D eigenvalue weighted by Gasteiger charge is 2.38. The molecule has 1 aromatic rings. The summed E-state index contributed by atoms with van der Waals surface area (Å²) in [6, 6.07) is 5.89. The van der Waals surface area contributed by atoms with Gasteiger partial charge in [0.05, 0.1) is 5.54 Å². The molecule has 0 bridgehead atoms. The molecule has 0 saturated heterocycles. The van der Waals surface area contributed by atoms with Gasteiger partial charge in [-0.2, -0.15) is 0 Å². The number of nitrogens with one attached hydrogen (secondary N) is 3. The van der Waals surface area contributed by atoms with Crippen LogP contribution in [0.3, 0.4) is 0 Å². The van der Waals surface area contributed by atoms with Gasteiger partial charge in [0.15, 0.2) is 0 Å². The number of halogens is 1. The summed E-state index contributed by atoms with van der Waals surface area (Å²) in [4.78, 5) is 22.0. The fraction of sp³-hybridized carbons (Fsp3) is 0.643. The van der Waals surface area contributed by atoms with Crippen molar-refractivity contribution in [2.75, 3.05) is 14.1 Å². The van der Waals surface area contributed by atoms with Gasteiger partial charge < -0.3 is 26.5 Å². The average molecular weight is 507 g/mol. The van der Waals surface area contributed by atoms with Crippen molar-refractivity contribution in [2.24, 2.45) is 17.6 Å². The standard InChI is InChI=1S/C20H30ClN3O.C6H10O.C2H7N/c1-6-13(2)16-12-23-18(25)24-20(16,5)15-8-7-14(17(21)11-15)9-10-19(3,4)22;7-5-6-3-1-2-4-6;1-3-2/h7-8,11-13H,6,9-10,22H2,1-5H3,(H2,23,24,25);5-6H,1-4H2;3H,1-2H3/t13?,20-;;/m0../s1. The molecule has 198 valence electrons. The van der Waals surface area contributed by atoms with Gasteiger partial charge in [0.25, 0.3) is 0 Å². The summed E-state index contributed by atoms with van der Waals surface area (Å²) in [6.45, 7) is 10.4. The van der Waals surface area contributed by atoms with Crippen molar-refractivity contribution in [1.82, 2.24) is 16.0 Å². The fourth-order valence-corrected chi connectivity index (χ4v) is 4.60. The second kappa shape index (κ2) is 14.6. The number of hydrogen-bond donors (Lipinski definition) is 4. The molecule has 2 aliphatic rings. The van der Waals surface area contributed by atoms with Gasteiger partial charge in [0.1, 0.15) is 6.29 Å². The van der Waals surface area contributed by atoms with E-state index in [2.05, 4.69) is 41.9 Å². The van der Waals surface area contributed by atoms with Crippen LogP contribution in [0.25, 0.3) is 0 Å².